The van der Waals surface area contributed by atoms with Crippen molar-refractivity contribution >= 4 is 17.8 Å². The van der Waals surface area contributed by atoms with Crippen LogP contribution >= 0.6 is 0 Å². The zero-order valence-corrected chi connectivity index (χ0v) is 15.1. The molecule has 0 aromatic heterocycles. The standard InChI is InChI=1S/C18H21F3N4O3/c19-18(20,21)13-3-1-12(2-4-13)16(27)25-9-7-24(8-10-25)11-15(26)23-17(28)22-14-5-6-14/h1-4,14H,5-11H2,(H2,22,23,26,28). The molecule has 1 heterocycles. The molecule has 4 amide bonds. The molecule has 0 unspecified atom stereocenters. The topological polar surface area (TPSA) is 81.8 Å². The minimum atomic E-state index is -4.44. The molecule has 1 aromatic carbocycles. The van der Waals surface area contributed by atoms with Crippen LogP contribution in [-0.4, -0.2) is 66.4 Å². The summed E-state index contributed by atoms with van der Waals surface area (Å²) in [5, 5.41) is 4.94. The summed E-state index contributed by atoms with van der Waals surface area (Å²) < 4.78 is 37.8. The zero-order chi connectivity index (χ0) is 20.3. The zero-order valence-electron chi connectivity index (χ0n) is 15.1. The number of piperazine rings is 1. The summed E-state index contributed by atoms with van der Waals surface area (Å²) in [4.78, 5) is 39.2. The summed E-state index contributed by atoms with van der Waals surface area (Å²) in [6.07, 6.45) is -2.59. The third-order valence-corrected chi connectivity index (χ3v) is 4.65. The van der Waals surface area contributed by atoms with Gasteiger partial charge in [-0.15, -0.1) is 0 Å². The van der Waals surface area contributed by atoms with Gasteiger partial charge in [0.2, 0.25) is 5.91 Å². The van der Waals surface area contributed by atoms with E-state index >= 15 is 0 Å². The van der Waals surface area contributed by atoms with Gasteiger partial charge in [0.05, 0.1) is 12.1 Å². The minimum Gasteiger partial charge on any atom is -0.336 e. The molecule has 1 aliphatic heterocycles. The molecule has 1 saturated heterocycles. The summed E-state index contributed by atoms with van der Waals surface area (Å²) in [7, 11) is 0. The summed E-state index contributed by atoms with van der Waals surface area (Å²) in [6.45, 7) is 1.61. The Bertz CT molecular complexity index is 739. The predicted octanol–water partition coefficient (Wildman–Crippen LogP) is 1.45. The smallest absolute Gasteiger partial charge is 0.336 e. The number of carbonyl (C=O) groups excluding carboxylic acids is 3. The number of nitrogens with one attached hydrogen (secondary N) is 2. The van der Waals surface area contributed by atoms with E-state index in [0.717, 1.165) is 25.0 Å². The molecule has 2 fully saturated rings. The summed E-state index contributed by atoms with van der Waals surface area (Å²) in [6, 6.07) is 3.78. The molecule has 1 saturated carbocycles. The van der Waals surface area contributed by atoms with Gasteiger partial charge in [0.25, 0.3) is 5.91 Å². The van der Waals surface area contributed by atoms with Crippen LogP contribution in [0, 0.1) is 0 Å². The number of alkyl halides is 3. The fourth-order valence-corrected chi connectivity index (χ4v) is 2.91. The van der Waals surface area contributed by atoms with Crippen molar-refractivity contribution in [3.05, 3.63) is 35.4 Å². The molecular weight excluding hydrogens is 377 g/mol. The SMILES string of the molecule is O=C(CN1CCN(C(=O)c2ccc(C(F)(F)F)cc2)CC1)NC(=O)NC1CC1. The molecule has 152 valence electrons. The molecule has 1 aliphatic carbocycles. The lowest BCUT2D eigenvalue weighted by atomic mass is 10.1. The van der Waals surface area contributed by atoms with E-state index < -0.39 is 23.7 Å². The Morgan fingerprint density at radius 1 is 1.00 bits per heavy atom. The maximum atomic E-state index is 12.6. The number of benzene rings is 1. The number of nitrogens with zero attached hydrogens (tertiary/aromatic N) is 2. The number of carbonyl (C=O) groups is 3. The third kappa shape index (κ3) is 5.44. The van der Waals surface area contributed by atoms with Gasteiger partial charge >= 0.3 is 12.2 Å². The van der Waals surface area contributed by atoms with E-state index in [2.05, 4.69) is 10.6 Å². The van der Waals surface area contributed by atoms with E-state index in [0.29, 0.717) is 26.2 Å². The molecule has 3 rings (SSSR count). The average Bonchev–Trinajstić information content (AvgIpc) is 3.45. The first-order chi connectivity index (χ1) is 13.2. The summed E-state index contributed by atoms with van der Waals surface area (Å²) in [5.74, 6) is -0.762. The molecule has 10 heteroatoms. The van der Waals surface area contributed by atoms with Gasteiger partial charge in [0.1, 0.15) is 0 Å². The largest absolute Gasteiger partial charge is 0.416 e. The number of hydrogen-bond donors (Lipinski definition) is 2. The van der Waals surface area contributed by atoms with Crippen molar-refractivity contribution in [3.63, 3.8) is 0 Å². The first-order valence-corrected chi connectivity index (χ1v) is 9.01. The average molecular weight is 398 g/mol. The van der Waals surface area contributed by atoms with Crippen molar-refractivity contribution in [2.75, 3.05) is 32.7 Å². The first-order valence-electron chi connectivity index (χ1n) is 9.01. The molecule has 0 bridgehead atoms. The molecule has 2 N–H and O–H groups in total. The van der Waals surface area contributed by atoms with Crippen LogP contribution < -0.4 is 10.6 Å². The molecule has 0 radical (unpaired) electrons. The van der Waals surface area contributed by atoms with Crippen molar-refractivity contribution in [1.29, 1.82) is 0 Å². The van der Waals surface area contributed by atoms with Crippen LogP contribution in [0.1, 0.15) is 28.8 Å². The lowest BCUT2D eigenvalue weighted by Crippen LogP contribution is -2.52. The Hall–Kier alpha value is -2.62. The van der Waals surface area contributed by atoms with Gasteiger partial charge in [0.15, 0.2) is 0 Å². The fraction of sp³-hybridized carbons (Fsp3) is 0.500. The molecule has 2 aliphatic rings. The van der Waals surface area contributed by atoms with Gasteiger partial charge in [-0.1, -0.05) is 0 Å². The van der Waals surface area contributed by atoms with Crippen molar-refractivity contribution in [2.45, 2.75) is 25.1 Å². The van der Waals surface area contributed by atoms with Crippen LogP contribution in [0.5, 0.6) is 0 Å². The lowest BCUT2D eigenvalue weighted by Gasteiger charge is -2.34. The van der Waals surface area contributed by atoms with Crippen molar-refractivity contribution in [2.24, 2.45) is 0 Å². The van der Waals surface area contributed by atoms with Crippen LogP contribution in [0.2, 0.25) is 0 Å². The molecule has 7 nitrogen and oxygen atoms in total. The normalized spacial score (nSPS) is 17.9. The highest BCUT2D eigenvalue weighted by molar-refractivity contribution is 5.95. The van der Waals surface area contributed by atoms with E-state index in [4.69, 9.17) is 0 Å². The van der Waals surface area contributed by atoms with Gasteiger partial charge in [0, 0.05) is 37.8 Å². The maximum Gasteiger partial charge on any atom is 0.416 e. The highest BCUT2D eigenvalue weighted by Crippen LogP contribution is 2.29. The van der Waals surface area contributed by atoms with Crippen molar-refractivity contribution < 1.29 is 27.6 Å². The Morgan fingerprint density at radius 3 is 2.14 bits per heavy atom. The first kappa shape index (κ1) is 20.1. The van der Waals surface area contributed by atoms with E-state index in [1.165, 1.54) is 17.0 Å². The summed E-state index contributed by atoms with van der Waals surface area (Å²) >= 11 is 0. The van der Waals surface area contributed by atoms with E-state index in [1.807, 2.05) is 4.90 Å². The van der Waals surface area contributed by atoms with Crippen LogP contribution in [0.3, 0.4) is 0 Å². The Balaban J connectivity index is 1.44. The van der Waals surface area contributed by atoms with E-state index in [-0.39, 0.29) is 24.1 Å². The second-order valence-electron chi connectivity index (χ2n) is 6.94. The van der Waals surface area contributed by atoms with Crippen molar-refractivity contribution in [3.8, 4) is 0 Å². The third-order valence-electron chi connectivity index (χ3n) is 4.65. The Labute approximate surface area is 159 Å². The van der Waals surface area contributed by atoms with Gasteiger partial charge in [-0.2, -0.15) is 13.2 Å². The second kappa shape index (κ2) is 8.17. The minimum absolute atomic E-state index is 0.0421. The number of imide groups is 1. The number of hydrogen-bond acceptors (Lipinski definition) is 4. The Kier molecular flexibility index (Phi) is 5.87. The predicted molar refractivity (Wildman–Crippen MR) is 93.5 cm³/mol. The number of amides is 4. The van der Waals surface area contributed by atoms with Gasteiger partial charge < -0.3 is 10.2 Å². The second-order valence-corrected chi connectivity index (χ2v) is 6.94. The van der Waals surface area contributed by atoms with Crippen LogP contribution in [-0.2, 0) is 11.0 Å². The molecular formula is C18H21F3N4O3. The molecule has 0 atom stereocenters. The number of halogens is 3. The highest BCUT2D eigenvalue weighted by atomic mass is 19.4. The quantitative estimate of drug-likeness (QED) is 0.805. The van der Waals surface area contributed by atoms with E-state index in [9.17, 15) is 27.6 Å². The van der Waals surface area contributed by atoms with Crippen LogP contribution in [0.25, 0.3) is 0 Å². The summed E-state index contributed by atoms with van der Waals surface area (Å²) in [5.41, 5.74) is -0.610. The highest BCUT2D eigenvalue weighted by Gasteiger charge is 2.31. The fourth-order valence-electron chi connectivity index (χ4n) is 2.91. The van der Waals surface area contributed by atoms with Gasteiger partial charge in [-0.25, -0.2) is 4.79 Å². The van der Waals surface area contributed by atoms with Gasteiger partial charge in [-0.3, -0.25) is 19.8 Å². The van der Waals surface area contributed by atoms with E-state index in [1.54, 1.807) is 0 Å². The lowest BCUT2D eigenvalue weighted by molar-refractivity contribution is -0.137. The molecule has 1 aromatic rings. The van der Waals surface area contributed by atoms with Gasteiger partial charge in [-0.05, 0) is 37.1 Å². The number of urea groups is 1. The molecule has 28 heavy (non-hydrogen) atoms. The van der Waals surface area contributed by atoms with Crippen LogP contribution in [0.15, 0.2) is 24.3 Å². The Morgan fingerprint density at radius 2 is 1.61 bits per heavy atom. The van der Waals surface area contributed by atoms with Crippen molar-refractivity contribution in [1.82, 2.24) is 20.4 Å². The van der Waals surface area contributed by atoms with Crippen LogP contribution in [0.4, 0.5) is 18.0 Å². The molecule has 0 spiro atoms. The monoisotopic (exact) mass is 398 g/mol. The number of rotatable bonds is 4. The maximum absolute atomic E-state index is 12.6.